The molecule has 3 atom stereocenters. The lowest BCUT2D eigenvalue weighted by atomic mass is 10.0. The van der Waals surface area contributed by atoms with Crippen molar-refractivity contribution in [3.8, 4) is 5.75 Å². The maximum Gasteiger partial charge on any atom is 0.123 e. The predicted octanol–water partition coefficient (Wildman–Crippen LogP) is 2.87. The lowest BCUT2D eigenvalue weighted by Gasteiger charge is -2.39. The van der Waals surface area contributed by atoms with E-state index in [1.54, 1.807) is 7.11 Å². The third-order valence-corrected chi connectivity index (χ3v) is 3.58. The van der Waals surface area contributed by atoms with Crippen molar-refractivity contribution in [3.63, 3.8) is 0 Å². The van der Waals surface area contributed by atoms with Crippen molar-refractivity contribution in [3.05, 3.63) is 29.8 Å². The molecule has 1 fully saturated rings. The minimum absolute atomic E-state index is 0.297. The van der Waals surface area contributed by atoms with Crippen LogP contribution in [-0.2, 0) is 4.74 Å². The molecule has 0 bridgehead atoms. The SMILES string of the molecule is COc1ccccc1C(C)N1CC(C)OC(C)C1. The second-order valence-electron chi connectivity index (χ2n) is 5.13. The van der Waals surface area contributed by atoms with Crippen molar-refractivity contribution in [1.82, 2.24) is 4.90 Å². The predicted molar refractivity (Wildman–Crippen MR) is 73.0 cm³/mol. The fourth-order valence-corrected chi connectivity index (χ4v) is 2.74. The van der Waals surface area contributed by atoms with E-state index < -0.39 is 0 Å². The average Bonchev–Trinajstić information content (AvgIpc) is 2.36. The van der Waals surface area contributed by atoms with Crippen molar-refractivity contribution in [2.45, 2.75) is 39.0 Å². The van der Waals surface area contributed by atoms with E-state index in [0.717, 1.165) is 18.8 Å². The standard InChI is InChI=1S/C15H23NO2/c1-11-9-16(10-12(2)18-11)13(3)14-7-5-6-8-15(14)17-4/h5-8,11-13H,9-10H2,1-4H3. The van der Waals surface area contributed by atoms with E-state index in [1.807, 2.05) is 12.1 Å². The number of morpholine rings is 1. The first kappa shape index (κ1) is 13.4. The Hall–Kier alpha value is -1.06. The van der Waals surface area contributed by atoms with Gasteiger partial charge in [0.1, 0.15) is 5.75 Å². The molecule has 0 spiro atoms. The molecule has 3 heteroatoms. The zero-order valence-corrected chi connectivity index (χ0v) is 11.7. The van der Waals surface area contributed by atoms with Crippen LogP contribution in [0.25, 0.3) is 0 Å². The summed E-state index contributed by atoms with van der Waals surface area (Å²) in [6, 6.07) is 8.62. The minimum Gasteiger partial charge on any atom is -0.496 e. The summed E-state index contributed by atoms with van der Waals surface area (Å²) in [6.45, 7) is 8.46. The maximum atomic E-state index is 5.79. The highest BCUT2D eigenvalue weighted by Gasteiger charge is 2.27. The number of para-hydroxylation sites is 1. The quantitative estimate of drug-likeness (QED) is 0.822. The molecule has 0 aromatic heterocycles. The number of benzene rings is 1. The number of ether oxygens (including phenoxy) is 2. The van der Waals surface area contributed by atoms with Gasteiger partial charge in [0.2, 0.25) is 0 Å². The molecule has 1 aromatic rings. The Kier molecular flexibility index (Phi) is 4.25. The topological polar surface area (TPSA) is 21.7 Å². The van der Waals surface area contributed by atoms with Gasteiger partial charge < -0.3 is 9.47 Å². The van der Waals surface area contributed by atoms with E-state index in [0.29, 0.717) is 18.2 Å². The van der Waals surface area contributed by atoms with Gasteiger partial charge in [-0.1, -0.05) is 18.2 Å². The summed E-state index contributed by atoms with van der Waals surface area (Å²) >= 11 is 0. The monoisotopic (exact) mass is 249 g/mol. The number of hydrogen-bond donors (Lipinski definition) is 0. The molecule has 0 radical (unpaired) electrons. The molecule has 2 rings (SSSR count). The van der Waals surface area contributed by atoms with E-state index in [9.17, 15) is 0 Å². The van der Waals surface area contributed by atoms with Crippen LogP contribution in [0.5, 0.6) is 5.75 Å². The van der Waals surface area contributed by atoms with Crippen molar-refractivity contribution >= 4 is 0 Å². The molecule has 1 aliphatic rings. The average molecular weight is 249 g/mol. The Morgan fingerprint density at radius 3 is 2.44 bits per heavy atom. The Morgan fingerprint density at radius 2 is 1.83 bits per heavy atom. The number of nitrogens with zero attached hydrogens (tertiary/aromatic N) is 1. The second-order valence-corrected chi connectivity index (χ2v) is 5.13. The molecule has 3 nitrogen and oxygen atoms in total. The molecule has 1 aromatic carbocycles. The van der Waals surface area contributed by atoms with E-state index in [1.165, 1.54) is 5.56 Å². The zero-order valence-electron chi connectivity index (χ0n) is 11.7. The van der Waals surface area contributed by atoms with E-state index >= 15 is 0 Å². The van der Waals surface area contributed by atoms with Crippen molar-refractivity contribution in [2.24, 2.45) is 0 Å². The molecule has 0 amide bonds. The lowest BCUT2D eigenvalue weighted by Crippen LogP contribution is -2.46. The largest absolute Gasteiger partial charge is 0.496 e. The molecule has 1 heterocycles. The summed E-state index contributed by atoms with van der Waals surface area (Å²) < 4.78 is 11.2. The minimum atomic E-state index is 0.297. The molecule has 1 aliphatic heterocycles. The molecule has 0 saturated carbocycles. The van der Waals surface area contributed by atoms with Gasteiger partial charge in [0.15, 0.2) is 0 Å². The Morgan fingerprint density at radius 1 is 1.22 bits per heavy atom. The molecule has 0 N–H and O–H groups in total. The highest BCUT2D eigenvalue weighted by atomic mass is 16.5. The maximum absolute atomic E-state index is 5.79. The summed E-state index contributed by atoms with van der Waals surface area (Å²) in [7, 11) is 1.73. The molecule has 0 aliphatic carbocycles. The summed E-state index contributed by atoms with van der Waals surface area (Å²) in [5.74, 6) is 0.969. The first-order valence-corrected chi connectivity index (χ1v) is 6.64. The van der Waals surface area contributed by atoms with Gasteiger partial charge in [-0.3, -0.25) is 4.90 Å². The van der Waals surface area contributed by atoms with Crippen LogP contribution in [0, 0.1) is 0 Å². The van der Waals surface area contributed by atoms with Gasteiger partial charge in [0.25, 0.3) is 0 Å². The highest BCUT2D eigenvalue weighted by molar-refractivity contribution is 5.35. The van der Waals surface area contributed by atoms with Gasteiger partial charge in [0.05, 0.1) is 19.3 Å². The van der Waals surface area contributed by atoms with Gasteiger partial charge in [-0.15, -0.1) is 0 Å². The van der Waals surface area contributed by atoms with Crippen LogP contribution in [0.3, 0.4) is 0 Å². The van der Waals surface area contributed by atoms with Gasteiger partial charge in [-0.05, 0) is 26.8 Å². The van der Waals surface area contributed by atoms with Gasteiger partial charge in [0, 0.05) is 24.7 Å². The Balaban J connectivity index is 2.17. The second kappa shape index (κ2) is 5.72. The first-order valence-electron chi connectivity index (χ1n) is 6.64. The van der Waals surface area contributed by atoms with Gasteiger partial charge in [-0.25, -0.2) is 0 Å². The van der Waals surface area contributed by atoms with Crippen LogP contribution in [0.15, 0.2) is 24.3 Å². The third kappa shape index (κ3) is 2.85. The van der Waals surface area contributed by atoms with Crippen LogP contribution < -0.4 is 4.74 Å². The number of methoxy groups -OCH3 is 1. The van der Waals surface area contributed by atoms with Gasteiger partial charge >= 0.3 is 0 Å². The van der Waals surface area contributed by atoms with E-state index in [4.69, 9.17) is 9.47 Å². The van der Waals surface area contributed by atoms with Crippen molar-refractivity contribution < 1.29 is 9.47 Å². The fourth-order valence-electron chi connectivity index (χ4n) is 2.74. The number of rotatable bonds is 3. The molecule has 100 valence electrons. The summed E-state index contributed by atoms with van der Waals surface area (Å²) in [5.41, 5.74) is 1.25. The highest BCUT2D eigenvalue weighted by Crippen LogP contribution is 2.30. The van der Waals surface area contributed by atoms with E-state index in [2.05, 4.69) is 37.8 Å². The van der Waals surface area contributed by atoms with E-state index in [-0.39, 0.29) is 0 Å². The third-order valence-electron chi connectivity index (χ3n) is 3.58. The Labute approximate surface area is 110 Å². The lowest BCUT2D eigenvalue weighted by molar-refractivity contribution is -0.0791. The zero-order chi connectivity index (χ0) is 13.1. The molecule has 1 saturated heterocycles. The molecular weight excluding hydrogens is 226 g/mol. The summed E-state index contributed by atoms with van der Waals surface area (Å²) in [6.07, 6.45) is 0.594. The van der Waals surface area contributed by atoms with Crippen molar-refractivity contribution in [2.75, 3.05) is 20.2 Å². The van der Waals surface area contributed by atoms with Crippen LogP contribution in [-0.4, -0.2) is 37.3 Å². The molecule has 3 unspecified atom stereocenters. The van der Waals surface area contributed by atoms with Gasteiger partial charge in [-0.2, -0.15) is 0 Å². The molecule has 18 heavy (non-hydrogen) atoms. The van der Waals surface area contributed by atoms with Crippen LogP contribution in [0.4, 0.5) is 0 Å². The Bertz CT molecular complexity index is 384. The summed E-state index contributed by atoms with van der Waals surface area (Å²) in [5, 5.41) is 0. The first-order chi connectivity index (χ1) is 8.61. The van der Waals surface area contributed by atoms with Crippen LogP contribution >= 0.6 is 0 Å². The normalized spacial score (nSPS) is 26.9. The summed E-state index contributed by atoms with van der Waals surface area (Å²) in [4.78, 5) is 2.47. The smallest absolute Gasteiger partial charge is 0.123 e. The fraction of sp³-hybridized carbons (Fsp3) is 0.600. The van der Waals surface area contributed by atoms with Crippen molar-refractivity contribution in [1.29, 1.82) is 0 Å². The molecular formula is C15H23NO2. The van der Waals surface area contributed by atoms with Crippen LogP contribution in [0.2, 0.25) is 0 Å². The number of hydrogen-bond acceptors (Lipinski definition) is 3. The van der Waals surface area contributed by atoms with Crippen LogP contribution in [0.1, 0.15) is 32.4 Å².